The van der Waals surface area contributed by atoms with Crippen LogP contribution in [0.25, 0.3) is 0 Å². The van der Waals surface area contributed by atoms with E-state index in [1.807, 2.05) is 0 Å². The molecule has 5 aliphatic rings. The van der Waals surface area contributed by atoms with Gasteiger partial charge < -0.3 is 19.3 Å². The fraction of sp³-hybridized carbons (Fsp3) is 0.932. The third-order valence-corrected chi connectivity index (χ3v) is 24.9. The van der Waals surface area contributed by atoms with Crippen molar-refractivity contribution in [3.63, 3.8) is 0 Å². The number of hydrogen-bond acceptors (Lipinski definition) is 4. The van der Waals surface area contributed by atoms with Crippen molar-refractivity contribution in [2.75, 3.05) is 12.6 Å². The SMILES string of the molecule is C=C(/N=C(\C)N(CP(=O)(C1CCCCCC1)C1CCCCCC1)C(C)(C)[PH](=O)C1CCCCCC1)NCP(C1CCCCCC1)C1CCCCCC1. The van der Waals surface area contributed by atoms with Gasteiger partial charge in [-0.3, -0.25) is 0 Å². The second-order valence-corrected chi connectivity index (χ2v) is 27.6. The molecule has 5 aliphatic carbocycles. The average molecular weight is 778 g/mol. The molecule has 0 saturated heterocycles. The zero-order valence-corrected chi connectivity index (χ0v) is 37.1. The maximum absolute atomic E-state index is 16.1. The molecule has 0 heterocycles. The highest BCUT2D eigenvalue weighted by molar-refractivity contribution is 7.65. The lowest BCUT2D eigenvalue weighted by Gasteiger charge is -2.46. The van der Waals surface area contributed by atoms with E-state index in [2.05, 4.69) is 37.6 Å². The summed E-state index contributed by atoms with van der Waals surface area (Å²) in [5, 5.41) is 3.27. The smallest absolute Gasteiger partial charge is 0.121 e. The molecule has 0 radical (unpaired) electrons. The van der Waals surface area contributed by atoms with Crippen molar-refractivity contribution in [3.05, 3.63) is 12.4 Å². The Morgan fingerprint density at radius 3 is 1.44 bits per heavy atom. The minimum Gasteiger partial charge on any atom is -0.367 e. The van der Waals surface area contributed by atoms with Crippen LogP contribution >= 0.6 is 22.9 Å². The van der Waals surface area contributed by atoms with Crippen molar-refractivity contribution in [1.29, 1.82) is 0 Å². The molecule has 0 bridgehead atoms. The van der Waals surface area contributed by atoms with Crippen LogP contribution in [0, 0.1) is 0 Å². The molecule has 5 nitrogen and oxygen atoms in total. The summed E-state index contributed by atoms with van der Waals surface area (Å²) in [6.45, 7) is 11.2. The third-order valence-electron chi connectivity index (χ3n) is 14.5. The van der Waals surface area contributed by atoms with Gasteiger partial charge in [0.25, 0.3) is 0 Å². The van der Waals surface area contributed by atoms with Crippen LogP contribution in [-0.2, 0) is 9.13 Å². The van der Waals surface area contributed by atoms with Gasteiger partial charge in [-0.15, -0.1) is 0 Å². The Labute approximate surface area is 323 Å². The molecule has 5 fully saturated rings. The van der Waals surface area contributed by atoms with Gasteiger partial charge in [-0.2, -0.15) is 0 Å². The van der Waals surface area contributed by atoms with Gasteiger partial charge in [0.1, 0.15) is 26.6 Å². The first-order valence-electron chi connectivity index (χ1n) is 22.8. The Bertz CT molecular complexity index is 1110. The van der Waals surface area contributed by atoms with E-state index >= 15 is 4.57 Å². The highest BCUT2D eigenvalue weighted by Gasteiger charge is 2.46. The Kier molecular flexibility index (Phi) is 18.2. The van der Waals surface area contributed by atoms with Crippen molar-refractivity contribution in [2.45, 2.75) is 247 Å². The van der Waals surface area contributed by atoms with Gasteiger partial charge in [-0.1, -0.05) is 143 Å². The lowest BCUT2D eigenvalue weighted by Crippen LogP contribution is -2.47. The second kappa shape index (κ2) is 22.0. The maximum Gasteiger partial charge on any atom is 0.121 e. The van der Waals surface area contributed by atoms with Crippen LogP contribution in [0.15, 0.2) is 17.4 Å². The van der Waals surface area contributed by atoms with Crippen molar-refractivity contribution < 1.29 is 9.13 Å². The summed E-state index contributed by atoms with van der Waals surface area (Å²) < 4.78 is 31.1. The molecule has 0 aromatic carbocycles. The van der Waals surface area contributed by atoms with Gasteiger partial charge in [0.05, 0.1) is 11.6 Å². The molecular weight excluding hydrogens is 695 g/mol. The first kappa shape index (κ1) is 43.0. The van der Waals surface area contributed by atoms with Crippen LogP contribution in [-0.4, -0.2) is 56.9 Å². The molecule has 52 heavy (non-hydrogen) atoms. The topological polar surface area (TPSA) is 61.8 Å². The number of rotatable bonds is 13. The van der Waals surface area contributed by atoms with Gasteiger partial charge in [0, 0.05) is 23.3 Å². The Morgan fingerprint density at radius 2 is 1.04 bits per heavy atom. The van der Waals surface area contributed by atoms with Gasteiger partial charge in [-0.25, -0.2) is 4.99 Å². The zero-order valence-electron chi connectivity index (χ0n) is 34.3. The summed E-state index contributed by atoms with van der Waals surface area (Å²) in [5.41, 5.74) is 2.62. The van der Waals surface area contributed by atoms with Gasteiger partial charge in [0.15, 0.2) is 0 Å². The molecule has 8 heteroatoms. The molecule has 5 saturated carbocycles. The summed E-state index contributed by atoms with van der Waals surface area (Å²) in [6.07, 6.45) is 40.0. The highest BCUT2D eigenvalue weighted by atomic mass is 31.2. The first-order valence-corrected chi connectivity index (χ1v) is 28.0. The van der Waals surface area contributed by atoms with E-state index in [1.54, 1.807) is 0 Å². The average Bonchev–Trinajstić information content (AvgIpc) is 3.82. The van der Waals surface area contributed by atoms with Gasteiger partial charge in [0.2, 0.25) is 0 Å². The van der Waals surface area contributed by atoms with Crippen molar-refractivity contribution in [1.82, 2.24) is 10.2 Å². The summed E-state index contributed by atoms with van der Waals surface area (Å²) in [5.74, 6) is 1.66. The molecule has 1 N–H and O–H groups in total. The molecule has 0 aliphatic heterocycles. The molecule has 300 valence electrons. The van der Waals surface area contributed by atoms with Crippen LogP contribution in [0.1, 0.15) is 213 Å². The third kappa shape index (κ3) is 12.2. The van der Waals surface area contributed by atoms with E-state index in [0.29, 0.717) is 17.6 Å². The van der Waals surface area contributed by atoms with Gasteiger partial charge in [-0.05, 0) is 96.3 Å². The Balaban J connectivity index is 1.43. The second-order valence-electron chi connectivity index (χ2n) is 18.6. The predicted octanol–water partition coefficient (Wildman–Crippen LogP) is 14.4. The zero-order chi connectivity index (χ0) is 36.8. The van der Waals surface area contributed by atoms with Gasteiger partial charge >= 0.3 is 0 Å². The maximum atomic E-state index is 16.1. The Hall–Kier alpha value is -0.100. The molecule has 1 atom stereocenters. The van der Waals surface area contributed by atoms with Crippen LogP contribution < -0.4 is 5.32 Å². The van der Waals surface area contributed by atoms with E-state index < -0.39 is 20.2 Å². The van der Waals surface area contributed by atoms with Crippen LogP contribution in [0.4, 0.5) is 0 Å². The quantitative estimate of drug-likeness (QED) is 0.0875. The highest BCUT2D eigenvalue weighted by Crippen LogP contribution is 2.64. The summed E-state index contributed by atoms with van der Waals surface area (Å²) in [4.78, 5) is 7.68. The summed E-state index contributed by atoms with van der Waals surface area (Å²) in [6, 6.07) is 0. The van der Waals surface area contributed by atoms with Crippen molar-refractivity contribution >= 4 is 28.7 Å². The fourth-order valence-corrected chi connectivity index (χ4v) is 21.9. The van der Waals surface area contributed by atoms with Crippen LogP contribution in [0.3, 0.4) is 0 Å². The monoisotopic (exact) mass is 778 g/mol. The standard InChI is InChI=1S/C44H82N3O2P3/c1-37(45-35-50(39-25-15-5-6-16-26-39)40-27-17-7-8-18-28-40)46-38(2)47(44(3,4)51(48)41-29-19-9-10-20-30-41)36-52(49,42-31-21-11-12-22-32-42)43-33-23-13-14-24-34-43/h39-43,45,51H,1,5-36H2,2-4H3/b46-38+. The van der Waals surface area contributed by atoms with E-state index in [0.717, 1.165) is 67.8 Å². The molecule has 0 spiro atoms. The Morgan fingerprint density at radius 1 is 0.673 bits per heavy atom. The normalized spacial score (nSPS) is 25.0. The van der Waals surface area contributed by atoms with Crippen LogP contribution in [0.2, 0.25) is 0 Å². The van der Waals surface area contributed by atoms with E-state index in [1.165, 1.54) is 154 Å². The van der Waals surface area contributed by atoms with E-state index in [4.69, 9.17) is 4.99 Å². The molecule has 5 rings (SSSR count). The molecule has 0 amide bonds. The number of nitrogens with one attached hydrogen (secondary N) is 1. The predicted molar refractivity (Wildman–Crippen MR) is 232 cm³/mol. The summed E-state index contributed by atoms with van der Waals surface area (Å²) >= 11 is 0. The fourth-order valence-electron chi connectivity index (χ4n) is 11.2. The minimum absolute atomic E-state index is 0.137. The van der Waals surface area contributed by atoms with Crippen molar-refractivity contribution in [3.8, 4) is 0 Å². The molecule has 1 unspecified atom stereocenters. The molecule has 0 aromatic heterocycles. The first-order chi connectivity index (χ1) is 25.2. The van der Waals surface area contributed by atoms with E-state index in [-0.39, 0.29) is 13.6 Å². The minimum atomic E-state index is -2.66. The lowest BCUT2D eigenvalue weighted by atomic mass is 10.2. The largest absolute Gasteiger partial charge is 0.367 e. The number of aliphatic imine (C=N–C) groups is 1. The number of nitrogens with zero attached hydrogens (tertiary/aromatic N) is 2. The van der Waals surface area contributed by atoms with E-state index in [9.17, 15) is 4.57 Å². The number of hydrogen-bond donors (Lipinski definition) is 1. The van der Waals surface area contributed by atoms with Crippen LogP contribution in [0.5, 0.6) is 0 Å². The molecular formula is C44H82N3O2P3. The molecule has 0 aromatic rings. The van der Waals surface area contributed by atoms with Crippen molar-refractivity contribution in [2.24, 2.45) is 4.99 Å². The summed E-state index contributed by atoms with van der Waals surface area (Å²) in [7, 11) is -4.85. The number of amidine groups is 1. The lowest BCUT2D eigenvalue weighted by molar-refractivity contribution is 0.325.